The second kappa shape index (κ2) is 5.38. The Labute approximate surface area is 109 Å². The van der Waals surface area contributed by atoms with Crippen LogP contribution in [0.2, 0.25) is 0 Å². The Morgan fingerprint density at radius 1 is 1.42 bits per heavy atom. The zero-order valence-electron chi connectivity index (χ0n) is 10.6. The van der Waals surface area contributed by atoms with E-state index in [1.165, 1.54) is 7.11 Å². The zero-order valence-corrected chi connectivity index (χ0v) is 10.6. The summed E-state index contributed by atoms with van der Waals surface area (Å²) in [6.45, 7) is 1.67. The van der Waals surface area contributed by atoms with Gasteiger partial charge in [-0.2, -0.15) is 0 Å². The molecule has 1 atom stereocenters. The molecule has 2 aromatic rings. The third-order valence-electron chi connectivity index (χ3n) is 2.71. The van der Waals surface area contributed by atoms with E-state index in [1.807, 2.05) is 6.07 Å². The number of aromatic nitrogens is 2. The Hall–Kier alpha value is -2.57. The largest absolute Gasteiger partial charge is 0.495 e. The first kappa shape index (κ1) is 12.9. The smallest absolute Gasteiger partial charge is 0.233 e. The van der Waals surface area contributed by atoms with Crippen LogP contribution in [-0.2, 0) is 4.79 Å². The maximum absolute atomic E-state index is 12.1. The van der Waals surface area contributed by atoms with Gasteiger partial charge in [-0.3, -0.25) is 4.79 Å². The number of para-hydroxylation sites is 2. The Kier molecular flexibility index (Phi) is 3.65. The molecule has 1 aromatic heterocycles. The molecule has 7 heteroatoms. The number of methoxy groups -OCH3 is 1. The molecule has 2 rings (SSSR count). The topological polar surface area (TPSA) is 103 Å². The first-order valence-corrected chi connectivity index (χ1v) is 5.65. The van der Waals surface area contributed by atoms with Gasteiger partial charge in [0, 0.05) is 0 Å². The highest BCUT2D eigenvalue weighted by molar-refractivity contribution is 5.97. The molecule has 0 saturated carbocycles. The lowest BCUT2D eigenvalue weighted by atomic mass is 10.1. The van der Waals surface area contributed by atoms with Gasteiger partial charge in [-0.1, -0.05) is 17.3 Å². The summed E-state index contributed by atoms with van der Waals surface area (Å²) in [4.78, 5) is 12.1. The summed E-state index contributed by atoms with van der Waals surface area (Å²) < 4.78 is 9.64. The van der Waals surface area contributed by atoms with Gasteiger partial charge in [-0.05, 0) is 24.2 Å². The molecule has 0 bridgehead atoms. The number of carbonyl (C=O) groups is 1. The summed E-state index contributed by atoms with van der Waals surface area (Å²) >= 11 is 0. The average molecular weight is 262 g/mol. The van der Waals surface area contributed by atoms with Crippen LogP contribution in [-0.4, -0.2) is 23.3 Å². The molecule has 1 heterocycles. The van der Waals surface area contributed by atoms with E-state index in [-0.39, 0.29) is 11.7 Å². The first-order valence-electron chi connectivity index (χ1n) is 5.65. The molecule has 0 aliphatic carbocycles. The molecule has 0 aliphatic heterocycles. The van der Waals surface area contributed by atoms with Crippen LogP contribution in [0.5, 0.6) is 5.75 Å². The minimum Gasteiger partial charge on any atom is -0.495 e. The fourth-order valence-electron chi connectivity index (χ4n) is 1.62. The summed E-state index contributed by atoms with van der Waals surface area (Å²) in [5.74, 6) is -0.153. The van der Waals surface area contributed by atoms with Crippen molar-refractivity contribution in [1.82, 2.24) is 10.3 Å². The molecule has 0 radical (unpaired) electrons. The third-order valence-corrected chi connectivity index (χ3v) is 2.71. The average Bonchev–Trinajstić information content (AvgIpc) is 2.84. The van der Waals surface area contributed by atoms with Gasteiger partial charge in [0.1, 0.15) is 11.4 Å². The molecule has 0 saturated heterocycles. The fourth-order valence-corrected chi connectivity index (χ4v) is 1.62. The predicted octanol–water partition coefficient (Wildman–Crippen LogP) is 1.40. The molecule has 0 fully saturated rings. The summed E-state index contributed by atoms with van der Waals surface area (Å²) in [5.41, 5.74) is 6.45. The van der Waals surface area contributed by atoms with Gasteiger partial charge < -0.3 is 15.8 Å². The van der Waals surface area contributed by atoms with E-state index in [0.29, 0.717) is 17.1 Å². The number of benzene rings is 1. The summed E-state index contributed by atoms with van der Waals surface area (Å²) in [7, 11) is 1.54. The van der Waals surface area contributed by atoms with E-state index >= 15 is 0 Å². The van der Waals surface area contributed by atoms with E-state index in [1.54, 1.807) is 25.1 Å². The molecular weight excluding hydrogens is 248 g/mol. The van der Waals surface area contributed by atoms with Gasteiger partial charge in [-0.25, -0.2) is 4.63 Å². The van der Waals surface area contributed by atoms with Crippen LogP contribution in [0.4, 0.5) is 11.5 Å². The normalized spacial score (nSPS) is 11.9. The Balaban J connectivity index is 2.15. The lowest BCUT2D eigenvalue weighted by molar-refractivity contribution is -0.117. The lowest BCUT2D eigenvalue weighted by Crippen LogP contribution is -2.20. The summed E-state index contributed by atoms with van der Waals surface area (Å²) in [6, 6.07) is 7.12. The van der Waals surface area contributed by atoms with Crippen molar-refractivity contribution in [3.05, 3.63) is 30.0 Å². The fraction of sp³-hybridized carbons (Fsp3) is 0.250. The highest BCUT2D eigenvalue weighted by Crippen LogP contribution is 2.25. The Bertz CT molecular complexity index is 582. The van der Waals surface area contributed by atoms with Crippen molar-refractivity contribution in [3.8, 4) is 5.75 Å². The molecule has 19 heavy (non-hydrogen) atoms. The number of hydrogen-bond donors (Lipinski definition) is 2. The van der Waals surface area contributed by atoms with Crippen LogP contribution in [0.25, 0.3) is 0 Å². The zero-order chi connectivity index (χ0) is 13.8. The number of rotatable bonds is 4. The van der Waals surface area contributed by atoms with Crippen LogP contribution in [0.3, 0.4) is 0 Å². The lowest BCUT2D eigenvalue weighted by Gasteiger charge is -2.12. The van der Waals surface area contributed by atoms with Gasteiger partial charge >= 0.3 is 0 Å². The molecule has 1 aromatic carbocycles. The highest BCUT2D eigenvalue weighted by Gasteiger charge is 2.23. The van der Waals surface area contributed by atoms with Crippen LogP contribution in [0.15, 0.2) is 28.9 Å². The molecule has 3 N–H and O–H groups in total. The van der Waals surface area contributed by atoms with Gasteiger partial charge in [0.05, 0.1) is 18.7 Å². The van der Waals surface area contributed by atoms with E-state index in [2.05, 4.69) is 20.3 Å². The number of nitrogens with one attached hydrogen (secondary N) is 1. The first-order chi connectivity index (χ1) is 9.13. The van der Waals surface area contributed by atoms with Crippen LogP contribution in [0, 0.1) is 0 Å². The SMILES string of the molecule is COc1ccccc1NC(=O)C(C)c1nonc1N. The second-order valence-electron chi connectivity index (χ2n) is 3.95. The third kappa shape index (κ3) is 2.65. The number of ether oxygens (including phenoxy) is 1. The van der Waals surface area contributed by atoms with Crippen molar-refractivity contribution in [1.29, 1.82) is 0 Å². The molecule has 7 nitrogen and oxygen atoms in total. The van der Waals surface area contributed by atoms with Crippen molar-refractivity contribution in [3.63, 3.8) is 0 Å². The number of hydrogen-bond acceptors (Lipinski definition) is 6. The summed E-state index contributed by atoms with van der Waals surface area (Å²) in [6.07, 6.45) is 0. The molecule has 1 unspecified atom stereocenters. The molecule has 100 valence electrons. The second-order valence-corrected chi connectivity index (χ2v) is 3.95. The van der Waals surface area contributed by atoms with Gasteiger partial charge in [0.25, 0.3) is 0 Å². The van der Waals surface area contributed by atoms with Crippen molar-refractivity contribution >= 4 is 17.4 Å². The van der Waals surface area contributed by atoms with Gasteiger partial charge in [0.15, 0.2) is 5.82 Å². The van der Waals surface area contributed by atoms with Crippen molar-refractivity contribution in [2.75, 3.05) is 18.2 Å². The number of anilines is 2. The molecular formula is C12H14N4O3. The van der Waals surface area contributed by atoms with E-state index in [9.17, 15) is 4.79 Å². The maximum Gasteiger partial charge on any atom is 0.233 e. The number of amides is 1. The predicted molar refractivity (Wildman–Crippen MR) is 68.7 cm³/mol. The minimum atomic E-state index is -0.573. The number of nitrogen functional groups attached to an aromatic ring is 1. The van der Waals surface area contributed by atoms with E-state index in [4.69, 9.17) is 10.5 Å². The quantitative estimate of drug-likeness (QED) is 0.863. The van der Waals surface area contributed by atoms with Crippen molar-refractivity contribution < 1.29 is 14.2 Å². The van der Waals surface area contributed by atoms with Crippen molar-refractivity contribution in [2.24, 2.45) is 0 Å². The molecule has 0 aliphatic rings. The van der Waals surface area contributed by atoms with Gasteiger partial charge in [0.2, 0.25) is 5.91 Å². The van der Waals surface area contributed by atoms with Crippen molar-refractivity contribution in [2.45, 2.75) is 12.8 Å². The maximum atomic E-state index is 12.1. The van der Waals surface area contributed by atoms with Crippen LogP contribution >= 0.6 is 0 Å². The van der Waals surface area contributed by atoms with Gasteiger partial charge in [-0.15, -0.1) is 0 Å². The Morgan fingerprint density at radius 2 is 2.16 bits per heavy atom. The van der Waals surface area contributed by atoms with E-state index < -0.39 is 5.92 Å². The number of nitrogens with zero attached hydrogens (tertiary/aromatic N) is 2. The number of carbonyl (C=O) groups excluding carboxylic acids is 1. The summed E-state index contributed by atoms with van der Waals surface area (Å²) in [5, 5.41) is 9.81. The number of nitrogens with two attached hydrogens (primary N) is 1. The van der Waals surface area contributed by atoms with Crippen LogP contribution < -0.4 is 15.8 Å². The van der Waals surface area contributed by atoms with E-state index in [0.717, 1.165) is 0 Å². The standard InChI is InChI=1S/C12H14N4O3/c1-7(10-11(13)16-19-15-10)12(17)14-8-5-3-4-6-9(8)18-2/h3-7H,1-2H3,(H2,13,16)(H,14,17). The highest BCUT2D eigenvalue weighted by atomic mass is 16.6. The molecule has 0 spiro atoms. The monoisotopic (exact) mass is 262 g/mol. The Morgan fingerprint density at radius 3 is 2.79 bits per heavy atom. The molecule has 1 amide bonds. The minimum absolute atomic E-state index is 0.114. The van der Waals surface area contributed by atoms with Crippen LogP contribution in [0.1, 0.15) is 18.5 Å².